The largest absolute Gasteiger partial charge is 0.366 e. The van der Waals surface area contributed by atoms with E-state index in [0.29, 0.717) is 6.04 Å². The summed E-state index contributed by atoms with van der Waals surface area (Å²) in [6.45, 7) is 2.25. The number of hydrogen-bond acceptors (Lipinski definition) is 3. The fourth-order valence-corrected chi connectivity index (χ4v) is 2.10. The summed E-state index contributed by atoms with van der Waals surface area (Å²) in [6.07, 6.45) is 4.07. The van der Waals surface area contributed by atoms with Crippen LogP contribution in [-0.4, -0.2) is 16.0 Å². The maximum atomic E-state index is 5.71. The fraction of sp³-hybridized carbons (Fsp3) is 0.556. The number of aromatic nitrogens is 2. The predicted octanol–water partition coefficient (Wildman–Crippen LogP) is 3.10. The first kappa shape index (κ1) is 10.2. The van der Waals surface area contributed by atoms with E-state index in [4.69, 9.17) is 11.6 Å². The lowest BCUT2D eigenvalue weighted by atomic mass is 9.82. The van der Waals surface area contributed by atoms with Crippen molar-refractivity contribution in [1.29, 1.82) is 0 Å². The molecule has 0 atom stereocenters. The molecule has 1 heterocycles. The van der Waals surface area contributed by atoms with Gasteiger partial charge in [-0.1, -0.05) is 6.92 Å². The highest BCUT2D eigenvalue weighted by molar-refractivity contribution is 9.10. The van der Waals surface area contributed by atoms with Crippen LogP contribution in [0.4, 0.5) is 5.82 Å². The monoisotopic (exact) mass is 275 g/mol. The van der Waals surface area contributed by atoms with E-state index < -0.39 is 0 Å². The van der Waals surface area contributed by atoms with E-state index in [9.17, 15) is 0 Å². The van der Waals surface area contributed by atoms with Crippen LogP contribution in [0.5, 0.6) is 0 Å². The molecule has 0 bridgehead atoms. The Morgan fingerprint density at radius 3 is 2.93 bits per heavy atom. The van der Waals surface area contributed by atoms with Crippen molar-refractivity contribution in [2.24, 2.45) is 5.92 Å². The molecule has 2 rings (SSSR count). The number of nitrogens with zero attached hydrogens (tertiary/aromatic N) is 2. The zero-order chi connectivity index (χ0) is 10.1. The van der Waals surface area contributed by atoms with Crippen LogP contribution in [0.2, 0.25) is 5.28 Å². The molecule has 3 nitrogen and oxygen atoms in total. The van der Waals surface area contributed by atoms with Crippen molar-refractivity contribution in [1.82, 2.24) is 9.97 Å². The molecule has 0 saturated heterocycles. The van der Waals surface area contributed by atoms with Gasteiger partial charge in [-0.15, -0.1) is 0 Å². The molecule has 1 aromatic rings. The molecule has 5 heteroatoms. The Morgan fingerprint density at radius 2 is 2.29 bits per heavy atom. The van der Waals surface area contributed by atoms with Crippen LogP contribution in [-0.2, 0) is 0 Å². The second-order valence-corrected chi connectivity index (χ2v) is 4.95. The van der Waals surface area contributed by atoms with Gasteiger partial charge in [0.2, 0.25) is 5.28 Å². The van der Waals surface area contributed by atoms with Gasteiger partial charge >= 0.3 is 0 Å². The van der Waals surface area contributed by atoms with E-state index in [1.54, 1.807) is 6.20 Å². The van der Waals surface area contributed by atoms with Gasteiger partial charge in [-0.05, 0) is 46.3 Å². The Morgan fingerprint density at radius 1 is 1.57 bits per heavy atom. The van der Waals surface area contributed by atoms with Crippen molar-refractivity contribution in [2.45, 2.75) is 25.8 Å². The fourth-order valence-electron chi connectivity index (χ4n) is 1.66. The third kappa shape index (κ3) is 2.17. The van der Waals surface area contributed by atoms with Crippen LogP contribution in [0, 0.1) is 5.92 Å². The van der Waals surface area contributed by atoms with E-state index in [1.165, 1.54) is 12.8 Å². The van der Waals surface area contributed by atoms with E-state index in [2.05, 4.69) is 38.1 Å². The maximum Gasteiger partial charge on any atom is 0.224 e. The topological polar surface area (TPSA) is 37.8 Å². The van der Waals surface area contributed by atoms with Crippen molar-refractivity contribution < 1.29 is 0 Å². The highest BCUT2D eigenvalue weighted by atomic mass is 79.9. The van der Waals surface area contributed by atoms with Gasteiger partial charge in [0.05, 0.1) is 4.47 Å². The van der Waals surface area contributed by atoms with Gasteiger partial charge in [-0.2, -0.15) is 4.98 Å². The molecule has 14 heavy (non-hydrogen) atoms. The van der Waals surface area contributed by atoms with E-state index >= 15 is 0 Å². The molecular formula is C9H11BrClN3. The van der Waals surface area contributed by atoms with Gasteiger partial charge in [0.25, 0.3) is 0 Å². The highest BCUT2D eigenvalue weighted by Gasteiger charge is 2.25. The van der Waals surface area contributed by atoms with Crippen molar-refractivity contribution in [3.05, 3.63) is 16.0 Å². The minimum Gasteiger partial charge on any atom is -0.366 e. The van der Waals surface area contributed by atoms with E-state index in [0.717, 1.165) is 16.2 Å². The third-order valence-electron chi connectivity index (χ3n) is 2.43. The molecule has 0 spiro atoms. The van der Waals surface area contributed by atoms with Crippen LogP contribution in [0.3, 0.4) is 0 Å². The number of halogens is 2. The van der Waals surface area contributed by atoms with Crippen LogP contribution < -0.4 is 5.32 Å². The van der Waals surface area contributed by atoms with E-state index in [1.807, 2.05) is 0 Å². The van der Waals surface area contributed by atoms with Gasteiger partial charge in [0.1, 0.15) is 5.82 Å². The summed E-state index contributed by atoms with van der Waals surface area (Å²) in [5.74, 6) is 1.62. The van der Waals surface area contributed by atoms with Crippen molar-refractivity contribution in [3.63, 3.8) is 0 Å². The van der Waals surface area contributed by atoms with Crippen LogP contribution in [0.1, 0.15) is 19.8 Å². The molecule has 1 N–H and O–H groups in total. The molecule has 0 aromatic carbocycles. The molecule has 76 valence electrons. The Kier molecular flexibility index (Phi) is 2.93. The molecule has 1 aromatic heterocycles. The molecule has 0 unspecified atom stereocenters. The first-order chi connectivity index (χ1) is 6.65. The summed E-state index contributed by atoms with van der Waals surface area (Å²) in [5.41, 5.74) is 0. The number of rotatable bonds is 2. The molecule has 0 amide bonds. The molecule has 0 aliphatic heterocycles. The second-order valence-electron chi connectivity index (χ2n) is 3.75. The zero-order valence-electron chi connectivity index (χ0n) is 7.80. The summed E-state index contributed by atoms with van der Waals surface area (Å²) in [5, 5.41) is 3.62. The standard InChI is InChI=1S/C9H11BrClN3/c1-5-2-6(3-5)13-8-7(10)4-12-9(11)14-8/h4-6H,2-3H2,1H3,(H,12,13,14). The van der Waals surface area contributed by atoms with Gasteiger partial charge in [-0.3, -0.25) is 0 Å². The average Bonchev–Trinajstić information content (AvgIpc) is 2.09. The van der Waals surface area contributed by atoms with E-state index in [-0.39, 0.29) is 5.28 Å². The number of nitrogens with one attached hydrogen (secondary N) is 1. The Balaban J connectivity index is 2.05. The number of anilines is 1. The first-order valence-corrected chi connectivity index (χ1v) is 5.77. The van der Waals surface area contributed by atoms with Crippen molar-refractivity contribution in [3.8, 4) is 0 Å². The molecule has 1 aliphatic rings. The lowest BCUT2D eigenvalue weighted by Gasteiger charge is -2.33. The number of hydrogen-bond donors (Lipinski definition) is 1. The summed E-state index contributed by atoms with van der Waals surface area (Å²) < 4.78 is 0.862. The summed E-state index contributed by atoms with van der Waals surface area (Å²) in [4.78, 5) is 7.99. The summed E-state index contributed by atoms with van der Waals surface area (Å²) in [6, 6.07) is 0.535. The Labute approximate surface area is 96.4 Å². The van der Waals surface area contributed by atoms with Crippen LogP contribution >= 0.6 is 27.5 Å². The van der Waals surface area contributed by atoms with Crippen molar-refractivity contribution >= 4 is 33.3 Å². The smallest absolute Gasteiger partial charge is 0.224 e. The predicted molar refractivity (Wildman–Crippen MR) is 60.6 cm³/mol. The molecule has 0 radical (unpaired) electrons. The molecule has 1 fully saturated rings. The minimum atomic E-state index is 0.281. The highest BCUT2D eigenvalue weighted by Crippen LogP contribution is 2.31. The maximum absolute atomic E-state index is 5.71. The SMILES string of the molecule is CC1CC(Nc2nc(Cl)ncc2Br)C1. The lowest BCUT2D eigenvalue weighted by molar-refractivity contribution is 0.308. The molecule has 1 saturated carbocycles. The Hall–Kier alpha value is -0.350. The zero-order valence-corrected chi connectivity index (χ0v) is 10.1. The lowest BCUT2D eigenvalue weighted by Crippen LogP contribution is -2.34. The third-order valence-corrected chi connectivity index (χ3v) is 3.19. The van der Waals surface area contributed by atoms with Gasteiger partial charge in [0.15, 0.2) is 0 Å². The summed E-state index contributed by atoms with van der Waals surface area (Å²) >= 11 is 9.09. The van der Waals surface area contributed by atoms with Gasteiger partial charge in [0, 0.05) is 12.2 Å². The van der Waals surface area contributed by atoms with Gasteiger partial charge < -0.3 is 5.32 Å². The normalized spacial score (nSPS) is 25.6. The molecule has 1 aliphatic carbocycles. The first-order valence-electron chi connectivity index (χ1n) is 4.59. The van der Waals surface area contributed by atoms with Gasteiger partial charge in [-0.25, -0.2) is 4.98 Å². The second kappa shape index (κ2) is 4.03. The average molecular weight is 277 g/mol. The minimum absolute atomic E-state index is 0.281. The van der Waals surface area contributed by atoms with Crippen molar-refractivity contribution in [2.75, 3.05) is 5.32 Å². The quantitative estimate of drug-likeness (QED) is 0.844. The summed E-state index contributed by atoms with van der Waals surface area (Å²) in [7, 11) is 0. The van der Waals surface area contributed by atoms with Crippen LogP contribution in [0.15, 0.2) is 10.7 Å². The Bertz CT molecular complexity index is 339. The van der Waals surface area contributed by atoms with Crippen LogP contribution in [0.25, 0.3) is 0 Å². The molecular weight excluding hydrogens is 265 g/mol.